The van der Waals surface area contributed by atoms with Crippen LogP contribution in [0.4, 0.5) is 5.69 Å². The van der Waals surface area contributed by atoms with Crippen LogP contribution in [0.3, 0.4) is 0 Å². The third kappa shape index (κ3) is 3.13. The Hall–Kier alpha value is -0.840. The Morgan fingerprint density at radius 1 is 1.56 bits per heavy atom. The molecule has 1 aromatic carbocycles. The van der Waals surface area contributed by atoms with Gasteiger partial charge in [-0.15, -0.1) is 0 Å². The smallest absolute Gasteiger partial charge is 0.106 e. The Bertz CT molecular complexity index is 449. The number of benzene rings is 1. The lowest BCUT2D eigenvalue weighted by atomic mass is 10.1. The maximum absolute atomic E-state index is 6.08. The van der Waals surface area contributed by atoms with E-state index in [1.54, 1.807) is 7.11 Å². The van der Waals surface area contributed by atoms with Crippen molar-refractivity contribution in [1.82, 2.24) is 0 Å². The molecule has 0 heterocycles. The monoisotopic (exact) mass is 284 g/mol. The summed E-state index contributed by atoms with van der Waals surface area (Å²) in [5.74, 6) is 0. The zero-order chi connectivity index (χ0) is 13.1. The van der Waals surface area contributed by atoms with E-state index in [1.165, 1.54) is 12.8 Å². The van der Waals surface area contributed by atoms with Crippen molar-refractivity contribution in [2.24, 2.45) is 5.73 Å². The summed E-state index contributed by atoms with van der Waals surface area (Å²) >= 11 is 11.2. The first-order valence-electron chi connectivity index (χ1n) is 5.98. The van der Waals surface area contributed by atoms with Crippen LogP contribution in [-0.2, 0) is 4.74 Å². The third-order valence-corrected chi connectivity index (χ3v) is 3.51. The minimum absolute atomic E-state index is 0.407. The molecule has 1 aliphatic carbocycles. The van der Waals surface area contributed by atoms with Crippen molar-refractivity contribution in [3.63, 3.8) is 0 Å². The van der Waals surface area contributed by atoms with Crippen LogP contribution >= 0.6 is 23.8 Å². The van der Waals surface area contributed by atoms with Gasteiger partial charge in [-0.25, -0.2) is 0 Å². The molecule has 2 N–H and O–H groups in total. The molecule has 0 radical (unpaired) electrons. The second kappa shape index (κ2) is 5.87. The van der Waals surface area contributed by atoms with Crippen LogP contribution in [0.2, 0.25) is 5.02 Å². The van der Waals surface area contributed by atoms with Gasteiger partial charge in [-0.2, -0.15) is 0 Å². The maximum atomic E-state index is 6.08. The fourth-order valence-corrected chi connectivity index (χ4v) is 2.37. The number of ether oxygens (including phenoxy) is 1. The largest absolute Gasteiger partial charge is 0.389 e. The van der Waals surface area contributed by atoms with Gasteiger partial charge in [0.1, 0.15) is 4.99 Å². The van der Waals surface area contributed by atoms with Crippen LogP contribution in [0.5, 0.6) is 0 Å². The summed E-state index contributed by atoms with van der Waals surface area (Å²) in [7, 11) is 1.71. The van der Waals surface area contributed by atoms with Crippen molar-refractivity contribution < 1.29 is 4.74 Å². The van der Waals surface area contributed by atoms with E-state index in [-0.39, 0.29) is 0 Å². The van der Waals surface area contributed by atoms with Gasteiger partial charge in [-0.3, -0.25) is 0 Å². The molecule has 5 heteroatoms. The minimum Gasteiger partial charge on any atom is -0.389 e. The van der Waals surface area contributed by atoms with E-state index >= 15 is 0 Å². The molecular formula is C13H17ClN2OS. The summed E-state index contributed by atoms with van der Waals surface area (Å²) in [5, 5.41) is 0.702. The average Bonchev–Trinajstić information content (AvgIpc) is 3.13. The van der Waals surface area contributed by atoms with Gasteiger partial charge in [0.2, 0.25) is 0 Å². The van der Waals surface area contributed by atoms with E-state index in [2.05, 4.69) is 4.90 Å². The lowest BCUT2D eigenvalue weighted by Gasteiger charge is -2.26. The molecular weight excluding hydrogens is 268 g/mol. The number of rotatable bonds is 6. The summed E-state index contributed by atoms with van der Waals surface area (Å²) in [6, 6.07) is 6.21. The zero-order valence-electron chi connectivity index (χ0n) is 10.4. The molecule has 1 aliphatic rings. The molecule has 18 heavy (non-hydrogen) atoms. The van der Waals surface area contributed by atoms with Gasteiger partial charge in [0.15, 0.2) is 0 Å². The van der Waals surface area contributed by atoms with Gasteiger partial charge in [-0.1, -0.05) is 23.8 Å². The van der Waals surface area contributed by atoms with E-state index in [9.17, 15) is 0 Å². The summed E-state index contributed by atoms with van der Waals surface area (Å²) < 4.78 is 5.16. The molecule has 98 valence electrons. The molecule has 2 rings (SSSR count). The fraction of sp³-hybridized carbons (Fsp3) is 0.462. The van der Waals surface area contributed by atoms with Gasteiger partial charge < -0.3 is 15.4 Å². The van der Waals surface area contributed by atoms with E-state index in [0.717, 1.165) is 17.8 Å². The number of methoxy groups -OCH3 is 1. The molecule has 1 aromatic rings. The van der Waals surface area contributed by atoms with Gasteiger partial charge in [0.25, 0.3) is 0 Å². The molecule has 3 nitrogen and oxygen atoms in total. The normalized spacial score (nSPS) is 14.6. The molecule has 0 bridgehead atoms. The van der Waals surface area contributed by atoms with E-state index in [0.29, 0.717) is 22.7 Å². The molecule has 0 aliphatic heterocycles. The van der Waals surface area contributed by atoms with Crippen LogP contribution in [-0.4, -0.2) is 31.3 Å². The molecule has 1 saturated carbocycles. The van der Waals surface area contributed by atoms with Crippen LogP contribution in [0, 0.1) is 0 Å². The molecule has 0 unspecified atom stereocenters. The first kappa shape index (κ1) is 13.6. The highest BCUT2D eigenvalue weighted by molar-refractivity contribution is 7.80. The second-order valence-corrected chi connectivity index (χ2v) is 5.32. The highest BCUT2D eigenvalue weighted by Crippen LogP contribution is 2.34. The number of thiocarbonyl (C=S) groups is 1. The predicted octanol–water partition coefficient (Wildman–Crippen LogP) is 2.59. The van der Waals surface area contributed by atoms with Crippen molar-refractivity contribution in [2.45, 2.75) is 18.9 Å². The van der Waals surface area contributed by atoms with Gasteiger partial charge in [0.05, 0.1) is 6.61 Å². The van der Waals surface area contributed by atoms with Gasteiger partial charge in [-0.05, 0) is 31.0 Å². The summed E-state index contributed by atoms with van der Waals surface area (Å²) in [6.45, 7) is 1.51. The molecule has 0 amide bonds. The van der Waals surface area contributed by atoms with Crippen molar-refractivity contribution in [3.8, 4) is 0 Å². The van der Waals surface area contributed by atoms with Gasteiger partial charge >= 0.3 is 0 Å². The Balaban J connectivity index is 2.32. The number of anilines is 1. The Morgan fingerprint density at radius 2 is 2.28 bits per heavy atom. The van der Waals surface area contributed by atoms with Crippen molar-refractivity contribution in [1.29, 1.82) is 0 Å². The first-order chi connectivity index (χ1) is 8.63. The topological polar surface area (TPSA) is 38.5 Å². The molecule has 0 atom stereocenters. The summed E-state index contributed by atoms with van der Waals surface area (Å²) in [4.78, 5) is 2.70. The van der Waals surface area contributed by atoms with Crippen molar-refractivity contribution in [2.75, 3.05) is 25.2 Å². The predicted molar refractivity (Wildman–Crippen MR) is 79.6 cm³/mol. The highest BCUT2D eigenvalue weighted by Gasteiger charge is 2.30. The standard InChI is InChI=1S/C13H17ClN2OS/c1-17-7-6-16(10-3-4-10)12-8-9(14)2-5-11(12)13(15)18/h2,5,8,10H,3-4,6-7H2,1H3,(H2,15,18). The Kier molecular flexibility index (Phi) is 4.43. The van der Waals surface area contributed by atoms with Crippen LogP contribution in [0.1, 0.15) is 18.4 Å². The average molecular weight is 285 g/mol. The number of hydrogen-bond donors (Lipinski definition) is 1. The minimum atomic E-state index is 0.407. The van der Waals surface area contributed by atoms with Crippen LogP contribution in [0.25, 0.3) is 0 Å². The SMILES string of the molecule is COCCN(c1cc(Cl)ccc1C(N)=S)C1CC1. The third-order valence-electron chi connectivity index (χ3n) is 3.06. The second-order valence-electron chi connectivity index (χ2n) is 4.44. The fourth-order valence-electron chi connectivity index (χ4n) is 2.03. The van der Waals surface area contributed by atoms with Gasteiger partial charge in [0, 0.05) is 36.0 Å². The first-order valence-corrected chi connectivity index (χ1v) is 6.77. The molecule has 0 aromatic heterocycles. The number of nitrogens with two attached hydrogens (primary N) is 1. The maximum Gasteiger partial charge on any atom is 0.106 e. The molecule has 1 fully saturated rings. The van der Waals surface area contributed by atoms with E-state index < -0.39 is 0 Å². The molecule has 0 saturated heterocycles. The Morgan fingerprint density at radius 3 is 2.83 bits per heavy atom. The number of halogens is 1. The summed E-state index contributed by atoms with van der Waals surface area (Å²) in [6.07, 6.45) is 2.40. The van der Waals surface area contributed by atoms with Crippen LogP contribution in [0.15, 0.2) is 18.2 Å². The quantitative estimate of drug-likeness (QED) is 0.815. The molecule has 0 spiro atoms. The van der Waals surface area contributed by atoms with E-state index in [1.807, 2.05) is 18.2 Å². The van der Waals surface area contributed by atoms with Crippen molar-refractivity contribution >= 4 is 34.5 Å². The zero-order valence-corrected chi connectivity index (χ0v) is 11.9. The summed E-state index contributed by atoms with van der Waals surface area (Å²) in [5.41, 5.74) is 7.69. The lowest BCUT2D eigenvalue weighted by molar-refractivity contribution is 0.205. The van der Waals surface area contributed by atoms with Crippen LogP contribution < -0.4 is 10.6 Å². The number of nitrogens with zero attached hydrogens (tertiary/aromatic N) is 1. The number of hydrogen-bond acceptors (Lipinski definition) is 3. The lowest BCUT2D eigenvalue weighted by Crippen LogP contribution is -2.31. The Labute approximate surface area is 118 Å². The highest BCUT2D eigenvalue weighted by atomic mass is 35.5. The van der Waals surface area contributed by atoms with E-state index in [4.69, 9.17) is 34.3 Å². The van der Waals surface area contributed by atoms with Crippen molar-refractivity contribution in [3.05, 3.63) is 28.8 Å².